The molecule has 0 heterocycles. The van der Waals surface area contributed by atoms with Gasteiger partial charge in [0, 0.05) is 19.3 Å². The summed E-state index contributed by atoms with van der Waals surface area (Å²) in [6.45, 7) is 8.62. The summed E-state index contributed by atoms with van der Waals surface area (Å²) in [6, 6.07) is 0.654. The van der Waals surface area contributed by atoms with Gasteiger partial charge in [-0.05, 0) is 51.0 Å². The molecule has 0 aromatic rings. The lowest BCUT2D eigenvalue weighted by molar-refractivity contribution is 0.112. The van der Waals surface area contributed by atoms with Gasteiger partial charge in [0.05, 0.1) is 0 Å². The first-order chi connectivity index (χ1) is 7.69. The summed E-state index contributed by atoms with van der Waals surface area (Å²) >= 11 is 0. The molecule has 0 aromatic heterocycles. The van der Waals surface area contributed by atoms with E-state index >= 15 is 0 Å². The summed E-state index contributed by atoms with van der Waals surface area (Å²) in [5.74, 6) is 2.67. The molecule has 0 saturated heterocycles. The molecular weight excluding hydrogens is 198 g/mol. The second-order valence-electron chi connectivity index (χ2n) is 5.41. The maximum atomic E-state index is 5.46. The number of nitrogens with one attached hydrogen (secondary N) is 1. The van der Waals surface area contributed by atoms with E-state index in [1.165, 1.54) is 19.3 Å². The van der Waals surface area contributed by atoms with Gasteiger partial charge < -0.3 is 10.1 Å². The first kappa shape index (κ1) is 14.0. The van der Waals surface area contributed by atoms with Crippen molar-refractivity contribution in [2.45, 2.75) is 52.5 Å². The van der Waals surface area contributed by atoms with E-state index in [9.17, 15) is 0 Å². The minimum atomic E-state index is 0.654. The molecule has 1 rings (SSSR count). The van der Waals surface area contributed by atoms with Crippen LogP contribution >= 0.6 is 0 Å². The first-order valence-electron chi connectivity index (χ1n) is 6.94. The van der Waals surface area contributed by atoms with E-state index in [2.05, 4.69) is 33.1 Å². The zero-order chi connectivity index (χ0) is 12.0. The smallest absolute Gasteiger partial charge is 0.0480 e. The van der Waals surface area contributed by atoms with Crippen LogP contribution in [0.5, 0.6) is 0 Å². The maximum Gasteiger partial charge on any atom is 0.0480 e. The fourth-order valence-corrected chi connectivity index (χ4v) is 2.93. The third-order valence-electron chi connectivity index (χ3n) is 4.36. The Hall–Kier alpha value is -0.0800. The third-order valence-corrected chi connectivity index (χ3v) is 4.36. The zero-order valence-corrected chi connectivity index (χ0v) is 11.5. The molecule has 0 radical (unpaired) electrons. The Morgan fingerprint density at radius 1 is 1.25 bits per heavy atom. The van der Waals surface area contributed by atoms with Gasteiger partial charge in [-0.25, -0.2) is 0 Å². The SMILES string of the molecule is CCOCCC(NC)C1CCC(C)C(C)C1. The molecular formula is C14H29NO. The number of hydrogen-bond donors (Lipinski definition) is 1. The Morgan fingerprint density at radius 3 is 2.56 bits per heavy atom. The van der Waals surface area contributed by atoms with Gasteiger partial charge in [0.15, 0.2) is 0 Å². The van der Waals surface area contributed by atoms with Gasteiger partial charge in [-0.15, -0.1) is 0 Å². The monoisotopic (exact) mass is 227 g/mol. The summed E-state index contributed by atoms with van der Waals surface area (Å²) in [5, 5.41) is 3.49. The van der Waals surface area contributed by atoms with Crippen LogP contribution in [0.4, 0.5) is 0 Å². The van der Waals surface area contributed by atoms with Crippen LogP contribution in [-0.4, -0.2) is 26.3 Å². The van der Waals surface area contributed by atoms with Gasteiger partial charge in [0.25, 0.3) is 0 Å². The molecule has 0 bridgehead atoms. The lowest BCUT2D eigenvalue weighted by atomic mass is 9.73. The zero-order valence-electron chi connectivity index (χ0n) is 11.5. The molecule has 0 aromatic carbocycles. The van der Waals surface area contributed by atoms with Gasteiger partial charge in [-0.1, -0.05) is 20.3 Å². The van der Waals surface area contributed by atoms with Crippen molar-refractivity contribution in [1.29, 1.82) is 0 Å². The quantitative estimate of drug-likeness (QED) is 0.704. The fraction of sp³-hybridized carbons (Fsp3) is 1.00. The summed E-state index contributed by atoms with van der Waals surface area (Å²) in [7, 11) is 2.10. The van der Waals surface area contributed by atoms with E-state index in [4.69, 9.17) is 4.74 Å². The molecule has 1 saturated carbocycles. The largest absolute Gasteiger partial charge is 0.382 e. The van der Waals surface area contributed by atoms with E-state index < -0.39 is 0 Å². The normalized spacial score (nSPS) is 32.6. The molecule has 2 nitrogen and oxygen atoms in total. The summed E-state index contributed by atoms with van der Waals surface area (Å²) < 4.78 is 5.46. The second kappa shape index (κ2) is 7.29. The van der Waals surface area contributed by atoms with Crippen molar-refractivity contribution < 1.29 is 4.74 Å². The van der Waals surface area contributed by atoms with Gasteiger partial charge in [-0.2, -0.15) is 0 Å². The minimum Gasteiger partial charge on any atom is -0.382 e. The van der Waals surface area contributed by atoms with Crippen LogP contribution in [0.15, 0.2) is 0 Å². The van der Waals surface area contributed by atoms with E-state index in [1.54, 1.807) is 0 Å². The van der Waals surface area contributed by atoms with E-state index in [-0.39, 0.29) is 0 Å². The molecule has 4 unspecified atom stereocenters. The van der Waals surface area contributed by atoms with Gasteiger partial charge in [0.1, 0.15) is 0 Å². The highest BCUT2D eigenvalue weighted by atomic mass is 16.5. The van der Waals surface area contributed by atoms with Crippen LogP contribution in [0.2, 0.25) is 0 Å². The molecule has 1 aliphatic rings. The van der Waals surface area contributed by atoms with Crippen LogP contribution in [0, 0.1) is 17.8 Å². The molecule has 0 aliphatic heterocycles. The third kappa shape index (κ3) is 4.06. The van der Waals surface area contributed by atoms with Gasteiger partial charge >= 0.3 is 0 Å². The molecule has 0 spiro atoms. The molecule has 1 fully saturated rings. The lowest BCUT2D eigenvalue weighted by Crippen LogP contribution is -2.38. The summed E-state index contributed by atoms with van der Waals surface area (Å²) in [5.41, 5.74) is 0. The highest BCUT2D eigenvalue weighted by Gasteiger charge is 2.29. The number of hydrogen-bond acceptors (Lipinski definition) is 2. The van der Waals surface area contributed by atoms with Crippen LogP contribution in [0.1, 0.15) is 46.5 Å². The Morgan fingerprint density at radius 2 is 2.00 bits per heavy atom. The molecule has 2 heteroatoms. The number of rotatable bonds is 6. The average molecular weight is 227 g/mol. The van der Waals surface area contributed by atoms with Crippen LogP contribution in [0.3, 0.4) is 0 Å². The lowest BCUT2D eigenvalue weighted by Gasteiger charge is -2.36. The second-order valence-corrected chi connectivity index (χ2v) is 5.41. The predicted molar refractivity (Wildman–Crippen MR) is 69.6 cm³/mol. The fourth-order valence-electron chi connectivity index (χ4n) is 2.93. The first-order valence-corrected chi connectivity index (χ1v) is 6.94. The van der Waals surface area contributed by atoms with Crippen molar-refractivity contribution in [2.75, 3.05) is 20.3 Å². The molecule has 16 heavy (non-hydrogen) atoms. The molecule has 96 valence electrons. The van der Waals surface area contributed by atoms with Gasteiger partial charge in [-0.3, -0.25) is 0 Å². The standard InChI is InChI=1S/C14H29NO/c1-5-16-9-8-14(15-4)13-7-6-11(2)12(3)10-13/h11-15H,5-10H2,1-4H3. The number of ether oxygens (including phenoxy) is 1. The van der Waals surface area contributed by atoms with Crippen LogP contribution in [0.25, 0.3) is 0 Å². The average Bonchev–Trinajstić information content (AvgIpc) is 2.29. The van der Waals surface area contributed by atoms with Crippen molar-refractivity contribution in [3.8, 4) is 0 Å². The van der Waals surface area contributed by atoms with Crippen LogP contribution in [-0.2, 0) is 4.74 Å². The predicted octanol–water partition coefficient (Wildman–Crippen LogP) is 3.07. The summed E-state index contributed by atoms with van der Waals surface area (Å²) in [4.78, 5) is 0. The Bertz CT molecular complexity index is 184. The van der Waals surface area contributed by atoms with Crippen molar-refractivity contribution >= 4 is 0 Å². The van der Waals surface area contributed by atoms with E-state index in [1.807, 2.05) is 0 Å². The molecule has 1 aliphatic carbocycles. The highest BCUT2D eigenvalue weighted by Crippen LogP contribution is 2.35. The Balaban J connectivity index is 2.34. The minimum absolute atomic E-state index is 0.654. The molecule has 0 amide bonds. The van der Waals surface area contributed by atoms with E-state index in [0.717, 1.165) is 37.4 Å². The van der Waals surface area contributed by atoms with Crippen molar-refractivity contribution in [1.82, 2.24) is 5.32 Å². The Kier molecular flexibility index (Phi) is 6.37. The van der Waals surface area contributed by atoms with Crippen molar-refractivity contribution in [3.05, 3.63) is 0 Å². The highest BCUT2D eigenvalue weighted by molar-refractivity contribution is 4.83. The molecule has 4 atom stereocenters. The van der Waals surface area contributed by atoms with Crippen molar-refractivity contribution in [3.63, 3.8) is 0 Å². The topological polar surface area (TPSA) is 21.3 Å². The maximum absolute atomic E-state index is 5.46. The van der Waals surface area contributed by atoms with Crippen LogP contribution < -0.4 is 5.32 Å². The summed E-state index contributed by atoms with van der Waals surface area (Å²) in [6.07, 6.45) is 5.34. The van der Waals surface area contributed by atoms with E-state index in [0.29, 0.717) is 6.04 Å². The Labute approximate surface area is 101 Å². The van der Waals surface area contributed by atoms with Crippen molar-refractivity contribution in [2.24, 2.45) is 17.8 Å². The molecule has 1 N–H and O–H groups in total. The van der Waals surface area contributed by atoms with Gasteiger partial charge in [0.2, 0.25) is 0 Å².